The lowest BCUT2D eigenvalue weighted by Crippen LogP contribution is -2.07. The van der Waals surface area contributed by atoms with Gasteiger partial charge in [-0.25, -0.2) is 15.0 Å². The predicted octanol–water partition coefficient (Wildman–Crippen LogP) is 2.24. The van der Waals surface area contributed by atoms with E-state index < -0.39 is 0 Å². The first-order valence-corrected chi connectivity index (χ1v) is 7.15. The van der Waals surface area contributed by atoms with Crippen LogP contribution in [0.3, 0.4) is 0 Å². The van der Waals surface area contributed by atoms with Crippen LogP contribution >= 0.6 is 0 Å². The fourth-order valence-corrected chi connectivity index (χ4v) is 2.41. The highest BCUT2D eigenvalue weighted by Gasteiger charge is 2.21. The van der Waals surface area contributed by atoms with Gasteiger partial charge in [0.2, 0.25) is 0 Å². The van der Waals surface area contributed by atoms with Crippen molar-refractivity contribution in [3.63, 3.8) is 0 Å². The van der Waals surface area contributed by atoms with Crippen LogP contribution in [-0.4, -0.2) is 27.6 Å². The lowest BCUT2D eigenvalue weighted by molar-refractivity contribution is 0.563. The van der Waals surface area contributed by atoms with Crippen molar-refractivity contribution in [2.24, 2.45) is 7.05 Å². The van der Waals surface area contributed by atoms with Crippen molar-refractivity contribution in [3.05, 3.63) is 40.0 Å². The van der Waals surface area contributed by atoms with E-state index in [2.05, 4.69) is 21.0 Å². The zero-order valence-corrected chi connectivity index (χ0v) is 14.2. The normalized spacial score (nSPS) is 11.9. The van der Waals surface area contributed by atoms with E-state index in [4.69, 9.17) is 12.7 Å². The molecule has 0 N–H and O–H groups in total. The molecule has 0 aliphatic carbocycles. The molecule has 2 aromatic heterocycles. The quantitative estimate of drug-likeness (QED) is 0.494. The van der Waals surface area contributed by atoms with Crippen LogP contribution in [0.1, 0.15) is 40.0 Å². The van der Waals surface area contributed by atoms with Gasteiger partial charge in [-0.15, -0.1) is 0 Å². The molecular weight excluding hydrogens is 289 g/mol. The topological polar surface area (TPSA) is 76.6 Å². The van der Waals surface area contributed by atoms with Gasteiger partial charge >= 0.3 is 8.05 Å². The van der Waals surface area contributed by atoms with Crippen LogP contribution in [0.2, 0.25) is 0 Å². The molecule has 0 aliphatic heterocycles. The number of allylic oxidation sites excluding steroid dienone is 1. The van der Waals surface area contributed by atoms with Crippen molar-refractivity contribution in [3.8, 4) is 6.07 Å². The smallest absolute Gasteiger partial charge is 0.374 e. The minimum Gasteiger partial charge on any atom is -0.565 e. The van der Waals surface area contributed by atoms with Crippen LogP contribution in [0.25, 0.3) is 11.3 Å². The van der Waals surface area contributed by atoms with Gasteiger partial charge in [0.15, 0.2) is 5.82 Å². The monoisotopic (exact) mass is 307 g/mol. The highest BCUT2D eigenvalue weighted by atomic mass is 16.4. The molecule has 0 spiro atoms. The minimum absolute atomic E-state index is 0.185. The Labute approximate surface area is 137 Å². The van der Waals surface area contributed by atoms with E-state index in [-0.39, 0.29) is 11.3 Å². The standard InChI is InChI=1S/C16H18BN5O/c1-8-9(2)20-16(21-10(8)3)13(7-18)15(23-17)14-11(4)19-12(5)22(14)6/h1-6H3. The van der Waals surface area contributed by atoms with Gasteiger partial charge in [-0.1, -0.05) is 0 Å². The second-order valence-corrected chi connectivity index (χ2v) is 5.43. The van der Waals surface area contributed by atoms with Gasteiger partial charge < -0.3 is 9.22 Å². The van der Waals surface area contributed by atoms with E-state index in [0.29, 0.717) is 11.5 Å². The van der Waals surface area contributed by atoms with Crippen LogP contribution in [0.5, 0.6) is 0 Å². The number of imidazole rings is 1. The number of nitrogens with zero attached hydrogens (tertiary/aromatic N) is 5. The fourth-order valence-electron chi connectivity index (χ4n) is 2.41. The fraction of sp³-hybridized carbons (Fsp3) is 0.375. The van der Waals surface area contributed by atoms with Gasteiger partial charge in [-0.05, 0) is 40.2 Å². The summed E-state index contributed by atoms with van der Waals surface area (Å²) in [5.74, 6) is 1.31. The average molecular weight is 307 g/mol. The maximum Gasteiger partial charge on any atom is 0.374 e. The van der Waals surface area contributed by atoms with Crippen LogP contribution in [0.15, 0.2) is 0 Å². The van der Waals surface area contributed by atoms with E-state index in [0.717, 1.165) is 28.5 Å². The number of hydrogen-bond acceptors (Lipinski definition) is 5. The van der Waals surface area contributed by atoms with E-state index in [9.17, 15) is 5.26 Å². The van der Waals surface area contributed by atoms with E-state index in [1.54, 1.807) is 0 Å². The summed E-state index contributed by atoms with van der Waals surface area (Å²) in [7, 11) is 7.30. The largest absolute Gasteiger partial charge is 0.565 e. The molecule has 2 heterocycles. The zero-order chi connectivity index (χ0) is 17.3. The van der Waals surface area contributed by atoms with Crippen molar-refractivity contribution in [1.29, 1.82) is 5.26 Å². The first kappa shape index (κ1) is 16.8. The summed E-state index contributed by atoms with van der Waals surface area (Å²) in [6.45, 7) is 9.41. The van der Waals surface area contributed by atoms with Crippen molar-refractivity contribution in [2.45, 2.75) is 34.6 Å². The average Bonchev–Trinajstić information content (AvgIpc) is 2.75. The third kappa shape index (κ3) is 2.84. The number of aromatic nitrogens is 4. The van der Waals surface area contributed by atoms with Gasteiger partial charge in [0.05, 0.1) is 5.69 Å². The molecule has 0 aromatic carbocycles. The number of rotatable bonds is 3. The highest BCUT2D eigenvalue weighted by molar-refractivity contribution is 6.06. The lowest BCUT2D eigenvalue weighted by atomic mass is 10.1. The summed E-state index contributed by atoms with van der Waals surface area (Å²) >= 11 is 0. The number of hydrogen-bond donors (Lipinski definition) is 0. The molecular formula is C16H18BN5O. The van der Waals surface area contributed by atoms with Crippen LogP contribution in [0, 0.1) is 45.9 Å². The number of nitriles is 1. The van der Waals surface area contributed by atoms with Crippen LogP contribution in [0.4, 0.5) is 0 Å². The molecule has 2 radical (unpaired) electrons. The van der Waals surface area contributed by atoms with E-state index in [1.807, 2.05) is 46.2 Å². The number of aryl methyl sites for hydroxylation is 4. The van der Waals surface area contributed by atoms with Crippen LogP contribution < -0.4 is 0 Å². The second-order valence-electron chi connectivity index (χ2n) is 5.43. The first-order valence-electron chi connectivity index (χ1n) is 7.15. The highest BCUT2D eigenvalue weighted by Crippen LogP contribution is 2.28. The molecule has 0 amide bonds. The Morgan fingerprint density at radius 2 is 1.61 bits per heavy atom. The van der Waals surface area contributed by atoms with Crippen molar-refractivity contribution in [2.75, 3.05) is 0 Å². The molecule has 0 fully saturated rings. The van der Waals surface area contributed by atoms with Gasteiger partial charge in [-0.2, -0.15) is 5.26 Å². The van der Waals surface area contributed by atoms with Gasteiger partial charge in [0.25, 0.3) is 0 Å². The Balaban J connectivity index is 2.79. The summed E-state index contributed by atoms with van der Waals surface area (Å²) in [5.41, 5.74) is 4.17. The summed E-state index contributed by atoms with van der Waals surface area (Å²) < 4.78 is 6.87. The molecule has 0 aliphatic rings. The Bertz CT molecular complexity index is 822. The third-order valence-electron chi connectivity index (χ3n) is 4.02. The Hall–Kier alpha value is -2.62. The second kappa shape index (κ2) is 6.25. The maximum atomic E-state index is 9.63. The predicted molar refractivity (Wildman–Crippen MR) is 88.2 cm³/mol. The molecule has 0 bridgehead atoms. The molecule has 116 valence electrons. The minimum atomic E-state index is 0.185. The molecule has 6 nitrogen and oxygen atoms in total. The van der Waals surface area contributed by atoms with Gasteiger partial charge in [-0.3, -0.25) is 0 Å². The zero-order valence-electron chi connectivity index (χ0n) is 14.2. The maximum absolute atomic E-state index is 9.63. The van der Waals surface area contributed by atoms with Gasteiger partial charge in [0, 0.05) is 18.4 Å². The summed E-state index contributed by atoms with van der Waals surface area (Å²) in [6, 6.07) is 2.11. The molecule has 0 atom stereocenters. The molecule has 2 aromatic rings. The lowest BCUT2D eigenvalue weighted by Gasteiger charge is -2.13. The Morgan fingerprint density at radius 3 is 2.00 bits per heavy atom. The molecule has 0 saturated carbocycles. The summed E-state index contributed by atoms with van der Waals surface area (Å²) in [4.78, 5) is 13.2. The van der Waals surface area contributed by atoms with E-state index in [1.165, 1.54) is 0 Å². The SMILES string of the molecule is [B]OC(=C(C#N)c1nc(C)c(C)c(C)n1)c1c(C)nc(C)n1C. The Morgan fingerprint density at radius 1 is 1.04 bits per heavy atom. The molecule has 7 heteroatoms. The third-order valence-corrected chi connectivity index (χ3v) is 4.02. The van der Waals surface area contributed by atoms with Gasteiger partial charge in [0.1, 0.15) is 28.9 Å². The van der Waals surface area contributed by atoms with Crippen molar-refractivity contribution < 1.29 is 4.65 Å². The first-order chi connectivity index (χ1) is 10.8. The molecule has 23 heavy (non-hydrogen) atoms. The molecule has 2 rings (SSSR count). The Kier molecular flexibility index (Phi) is 4.55. The molecule has 0 saturated heterocycles. The summed E-state index contributed by atoms with van der Waals surface area (Å²) in [5, 5.41) is 9.63. The van der Waals surface area contributed by atoms with Crippen molar-refractivity contribution >= 4 is 19.4 Å². The molecule has 0 unspecified atom stereocenters. The van der Waals surface area contributed by atoms with E-state index >= 15 is 0 Å². The summed E-state index contributed by atoms with van der Waals surface area (Å²) in [6.07, 6.45) is 0. The van der Waals surface area contributed by atoms with Crippen LogP contribution in [-0.2, 0) is 11.7 Å². The van der Waals surface area contributed by atoms with Crippen molar-refractivity contribution in [1.82, 2.24) is 19.5 Å².